The number of carbonyl (C=O) groups is 1. The van der Waals surface area contributed by atoms with Crippen LogP contribution in [0.15, 0.2) is 40.4 Å². The van der Waals surface area contributed by atoms with Crippen molar-refractivity contribution in [2.24, 2.45) is 11.1 Å². The number of carboxylic acid groups (broad SMARTS) is 1. The molecule has 2 aromatic rings. The smallest absolute Gasteiger partial charge is 0.310 e. The van der Waals surface area contributed by atoms with Crippen LogP contribution in [-0.2, 0) is 11.2 Å². The molecule has 2 aromatic carbocycles. The Morgan fingerprint density at radius 1 is 1.21 bits per heavy atom. The molecule has 0 aliphatic rings. The second-order valence-electron chi connectivity index (χ2n) is 8.13. The number of hydrogen-bond acceptors (Lipinski definition) is 6. The molecule has 0 bridgehead atoms. The summed E-state index contributed by atoms with van der Waals surface area (Å²) in [5.74, 6) is -0.00566. The average molecular weight is 494 g/mol. The fourth-order valence-electron chi connectivity index (χ4n) is 3.40. The Hall–Kier alpha value is -2.38. The van der Waals surface area contributed by atoms with Gasteiger partial charge in [0.1, 0.15) is 11.5 Å². The molecule has 0 saturated heterocycles. The van der Waals surface area contributed by atoms with E-state index in [1.165, 1.54) is 0 Å². The van der Waals surface area contributed by atoms with Crippen LogP contribution < -0.4 is 4.74 Å². The lowest BCUT2D eigenvalue weighted by atomic mass is 9.95. The molecule has 8 heteroatoms. The molecule has 0 amide bonds. The Kier molecular flexibility index (Phi) is 10.4. The molecule has 33 heavy (non-hydrogen) atoms. The molecule has 0 saturated carbocycles. The van der Waals surface area contributed by atoms with Crippen molar-refractivity contribution in [3.8, 4) is 11.5 Å². The number of ether oxygens (including phenoxy) is 1. The van der Waals surface area contributed by atoms with Gasteiger partial charge in [0.2, 0.25) is 0 Å². The summed E-state index contributed by atoms with van der Waals surface area (Å²) in [5, 5.41) is 33.2. The van der Waals surface area contributed by atoms with Crippen LogP contribution in [0.4, 0.5) is 0 Å². The zero-order valence-corrected chi connectivity index (χ0v) is 21.0. The summed E-state index contributed by atoms with van der Waals surface area (Å²) in [6.45, 7) is 7.95. The van der Waals surface area contributed by atoms with Gasteiger partial charge in [-0.2, -0.15) is 0 Å². The third kappa shape index (κ3) is 7.05. The van der Waals surface area contributed by atoms with Crippen LogP contribution in [0.2, 0.25) is 5.02 Å². The third-order valence-electron chi connectivity index (χ3n) is 5.30. The van der Waals surface area contributed by atoms with E-state index in [2.05, 4.69) is 5.16 Å². The highest BCUT2D eigenvalue weighted by atomic mass is 35.5. The van der Waals surface area contributed by atoms with Gasteiger partial charge in [0.05, 0.1) is 23.3 Å². The number of nitrogens with zero attached hydrogens (tertiary/aromatic N) is 1. The standard InChI is InChI=1S/C25H32ClNO5S/c1-5-7-18-21(10-9-19(24(18)28)23(27-31)15(2)3)32-12-6-13-33-22-11-8-17(14-20(22)26)16(4)25(29)30/h8-11,14-16,28,31H,5-7,12-13H2,1-4H3,(H,29,30). The molecule has 0 radical (unpaired) electrons. The summed E-state index contributed by atoms with van der Waals surface area (Å²) in [5.41, 5.74) is 2.36. The van der Waals surface area contributed by atoms with Gasteiger partial charge in [0.25, 0.3) is 0 Å². The van der Waals surface area contributed by atoms with Gasteiger partial charge >= 0.3 is 5.97 Å². The van der Waals surface area contributed by atoms with Gasteiger partial charge in [0.15, 0.2) is 0 Å². The number of phenolic OH excluding ortho intramolecular Hbond substituents is 1. The minimum atomic E-state index is -0.880. The van der Waals surface area contributed by atoms with Crippen LogP contribution in [0.25, 0.3) is 0 Å². The Balaban J connectivity index is 1.99. The predicted molar refractivity (Wildman–Crippen MR) is 134 cm³/mol. The predicted octanol–water partition coefficient (Wildman–Crippen LogP) is 6.58. The van der Waals surface area contributed by atoms with Gasteiger partial charge in [-0.3, -0.25) is 4.79 Å². The lowest BCUT2D eigenvalue weighted by molar-refractivity contribution is -0.138. The molecule has 0 aliphatic heterocycles. The summed E-state index contributed by atoms with van der Waals surface area (Å²) in [6.07, 6.45) is 2.25. The van der Waals surface area contributed by atoms with Crippen molar-refractivity contribution in [2.75, 3.05) is 12.4 Å². The number of benzene rings is 2. The van der Waals surface area contributed by atoms with E-state index in [-0.39, 0.29) is 11.7 Å². The molecule has 3 N–H and O–H groups in total. The molecule has 180 valence electrons. The number of oxime groups is 1. The number of aromatic hydroxyl groups is 1. The molecular weight excluding hydrogens is 462 g/mol. The van der Waals surface area contributed by atoms with Crippen molar-refractivity contribution in [3.05, 3.63) is 52.0 Å². The highest BCUT2D eigenvalue weighted by Gasteiger charge is 2.19. The molecule has 6 nitrogen and oxygen atoms in total. The first-order valence-corrected chi connectivity index (χ1v) is 12.4. The van der Waals surface area contributed by atoms with E-state index in [4.69, 9.17) is 21.4 Å². The first kappa shape index (κ1) is 26.9. The number of rotatable bonds is 12. The van der Waals surface area contributed by atoms with Crippen LogP contribution in [0.1, 0.15) is 63.1 Å². The molecule has 0 spiro atoms. The maximum absolute atomic E-state index is 11.1. The lowest BCUT2D eigenvalue weighted by Crippen LogP contribution is -2.11. The summed E-state index contributed by atoms with van der Waals surface area (Å²) >= 11 is 7.92. The number of hydrogen-bond donors (Lipinski definition) is 3. The molecule has 0 heterocycles. The minimum absolute atomic E-state index is 0.0348. The zero-order chi connectivity index (χ0) is 24.5. The Labute approximate surface area is 204 Å². The molecule has 0 aromatic heterocycles. The summed E-state index contributed by atoms with van der Waals surface area (Å²) in [4.78, 5) is 12.0. The minimum Gasteiger partial charge on any atom is -0.507 e. The van der Waals surface area contributed by atoms with E-state index in [1.54, 1.807) is 36.9 Å². The normalized spacial score (nSPS) is 12.7. The third-order valence-corrected chi connectivity index (χ3v) is 6.89. The van der Waals surface area contributed by atoms with Gasteiger partial charge in [-0.1, -0.05) is 50.0 Å². The van der Waals surface area contributed by atoms with Gasteiger partial charge in [0, 0.05) is 21.8 Å². The Morgan fingerprint density at radius 3 is 2.52 bits per heavy atom. The van der Waals surface area contributed by atoms with E-state index in [0.29, 0.717) is 40.6 Å². The summed E-state index contributed by atoms with van der Waals surface area (Å²) in [6, 6.07) is 8.91. The highest BCUT2D eigenvalue weighted by Crippen LogP contribution is 2.35. The van der Waals surface area contributed by atoms with Crippen LogP contribution >= 0.6 is 23.4 Å². The number of aliphatic carboxylic acids is 1. The molecular formula is C25H32ClNO5S. The van der Waals surface area contributed by atoms with Crippen molar-refractivity contribution in [1.82, 2.24) is 0 Å². The topological polar surface area (TPSA) is 99.4 Å². The van der Waals surface area contributed by atoms with Gasteiger partial charge in [-0.25, -0.2) is 0 Å². The second kappa shape index (κ2) is 12.8. The van der Waals surface area contributed by atoms with Crippen LogP contribution in [-0.4, -0.2) is 39.5 Å². The van der Waals surface area contributed by atoms with Crippen molar-refractivity contribution < 1.29 is 25.0 Å². The van der Waals surface area contributed by atoms with Crippen LogP contribution in [0.3, 0.4) is 0 Å². The van der Waals surface area contributed by atoms with E-state index < -0.39 is 11.9 Å². The van der Waals surface area contributed by atoms with Crippen molar-refractivity contribution in [2.45, 2.75) is 57.8 Å². The van der Waals surface area contributed by atoms with E-state index in [9.17, 15) is 15.1 Å². The van der Waals surface area contributed by atoms with Crippen LogP contribution in [0, 0.1) is 5.92 Å². The Morgan fingerprint density at radius 2 is 1.94 bits per heavy atom. The second-order valence-corrected chi connectivity index (χ2v) is 9.67. The summed E-state index contributed by atoms with van der Waals surface area (Å²) in [7, 11) is 0. The lowest BCUT2D eigenvalue weighted by Gasteiger charge is -2.17. The molecule has 0 aliphatic carbocycles. The monoisotopic (exact) mass is 493 g/mol. The summed E-state index contributed by atoms with van der Waals surface area (Å²) < 4.78 is 5.97. The SMILES string of the molecule is CCCc1c(OCCCSc2ccc(C(C)C(=O)O)cc2Cl)ccc(C(=NO)C(C)C)c1O. The number of phenols is 1. The van der Waals surface area contributed by atoms with Crippen LogP contribution in [0.5, 0.6) is 11.5 Å². The van der Waals surface area contributed by atoms with E-state index in [1.807, 2.05) is 32.9 Å². The average Bonchev–Trinajstić information content (AvgIpc) is 2.77. The molecule has 0 fully saturated rings. The van der Waals surface area contributed by atoms with Gasteiger partial charge in [-0.05, 0) is 55.5 Å². The zero-order valence-electron chi connectivity index (χ0n) is 19.5. The maximum atomic E-state index is 11.1. The first-order chi connectivity index (χ1) is 15.7. The molecule has 1 unspecified atom stereocenters. The quantitative estimate of drug-likeness (QED) is 0.101. The Bertz CT molecular complexity index is 993. The molecule has 1 atom stereocenters. The maximum Gasteiger partial charge on any atom is 0.310 e. The van der Waals surface area contributed by atoms with Crippen molar-refractivity contribution >= 4 is 35.0 Å². The molecule has 2 rings (SSSR count). The van der Waals surface area contributed by atoms with Crippen molar-refractivity contribution in [3.63, 3.8) is 0 Å². The van der Waals surface area contributed by atoms with E-state index in [0.717, 1.165) is 29.1 Å². The van der Waals surface area contributed by atoms with E-state index >= 15 is 0 Å². The number of carboxylic acids is 1. The van der Waals surface area contributed by atoms with Crippen molar-refractivity contribution in [1.29, 1.82) is 0 Å². The first-order valence-electron chi connectivity index (χ1n) is 11.1. The fourth-order valence-corrected chi connectivity index (χ4v) is 4.60. The number of thioether (sulfide) groups is 1. The highest BCUT2D eigenvalue weighted by molar-refractivity contribution is 7.99. The van der Waals surface area contributed by atoms with Gasteiger partial charge in [-0.15, -0.1) is 11.8 Å². The number of halogens is 1. The fraction of sp³-hybridized carbons (Fsp3) is 0.440. The largest absolute Gasteiger partial charge is 0.507 e. The van der Waals surface area contributed by atoms with Gasteiger partial charge < -0.3 is 20.2 Å².